The van der Waals surface area contributed by atoms with Gasteiger partial charge in [-0.2, -0.15) is 11.8 Å². The fourth-order valence-electron chi connectivity index (χ4n) is 6.80. The first-order valence-electron chi connectivity index (χ1n) is 15.1. The highest BCUT2D eigenvalue weighted by molar-refractivity contribution is 8.00. The monoisotopic (exact) mass is 550 g/mol. The minimum Gasteiger partial charge on any atom is -0.507 e. The summed E-state index contributed by atoms with van der Waals surface area (Å²) in [6.45, 7) is 26.6. The van der Waals surface area contributed by atoms with E-state index in [2.05, 4.69) is 119 Å². The van der Waals surface area contributed by atoms with Crippen molar-refractivity contribution in [2.75, 3.05) is 0 Å². The van der Waals surface area contributed by atoms with Crippen molar-refractivity contribution in [1.82, 2.24) is 0 Å². The number of phenolic OH excluding ortho intramolecular Hbond substituents is 2. The summed E-state index contributed by atoms with van der Waals surface area (Å²) in [5.41, 5.74) is 6.68. The van der Waals surface area contributed by atoms with Crippen LogP contribution in [0.3, 0.4) is 0 Å². The molecule has 0 saturated carbocycles. The lowest BCUT2D eigenvalue weighted by molar-refractivity contribution is 0.416. The topological polar surface area (TPSA) is 40.5 Å². The van der Waals surface area contributed by atoms with Crippen LogP contribution in [0.25, 0.3) is 0 Å². The van der Waals surface area contributed by atoms with Crippen molar-refractivity contribution >= 4 is 11.8 Å². The molecule has 4 rings (SSSR count). The van der Waals surface area contributed by atoms with Crippen LogP contribution in [0.4, 0.5) is 0 Å². The molecule has 0 aromatic heterocycles. The number of thioether (sulfide) groups is 1. The molecular formula is C36H54O2S. The summed E-state index contributed by atoms with van der Waals surface area (Å²) in [4.78, 5) is 0. The van der Waals surface area contributed by atoms with Gasteiger partial charge in [0, 0.05) is 10.5 Å². The average molecular weight is 551 g/mol. The Morgan fingerprint density at radius 1 is 0.487 bits per heavy atom. The molecule has 2 heterocycles. The Morgan fingerprint density at radius 3 is 0.974 bits per heavy atom. The molecule has 2 nitrogen and oxygen atoms in total. The maximum Gasteiger partial charge on any atom is 0.123 e. The maximum atomic E-state index is 11.3. The first-order valence-corrected chi connectivity index (χ1v) is 16.0. The summed E-state index contributed by atoms with van der Waals surface area (Å²) in [5.74, 6) is 1.95. The zero-order chi connectivity index (χ0) is 29.3. The van der Waals surface area contributed by atoms with E-state index in [0.717, 1.165) is 35.1 Å². The van der Waals surface area contributed by atoms with Crippen molar-refractivity contribution in [3.8, 4) is 11.5 Å². The van der Waals surface area contributed by atoms with Crippen molar-refractivity contribution < 1.29 is 10.2 Å². The van der Waals surface area contributed by atoms with E-state index < -0.39 is 0 Å². The SMILES string of the molecule is CC(C)(C)c1cc(C2CCC(c3cc(C(C)(C)C)c(O)c(C(C)(C)C)c3)C3CCC2S3)cc(C(C)(C)C)c1O. The van der Waals surface area contributed by atoms with E-state index in [1.54, 1.807) is 0 Å². The molecule has 0 spiro atoms. The normalized spacial score (nSPS) is 24.6. The van der Waals surface area contributed by atoms with Gasteiger partial charge < -0.3 is 10.2 Å². The minimum atomic E-state index is -0.114. The third-order valence-electron chi connectivity index (χ3n) is 9.12. The van der Waals surface area contributed by atoms with Gasteiger partial charge in [-0.05, 0) is 92.6 Å². The number of hydrogen-bond donors (Lipinski definition) is 2. The Morgan fingerprint density at radius 2 is 0.744 bits per heavy atom. The molecule has 0 radical (unpaired) electrons. The van der Waals surface area contributed by atoms with Crippen molar-refractivity contribution in [3.05, 3.63) is 57.6 Å². The number of fused-ring (bicyclic) bond motifs is 2. The van der Waals surface area contributed by atoms with Crippen LogP contribution in [0.1, 0.15) is 154 Å². The van der Waals surface area contributed by atoms with E-state index in [1.165, 1.54) is 24.0 Å². The largest absolute Gasteiger partial charge is 0.507 e. The quantitative estimate of drug-likeness (QED) is 0.391. The Bertz CT molecular complexity index is 1050. The predicted octanol–water partition coefficient (Wildman–Crippen LogP) is 10.2. The molecule has 2 N–H and O–H groups in total. The van der Waals surface area contributed by atoms with Gasteiger partial charge in [-0.1, -0.05) is 107 Å². The molecule has 2 saturated heterocycles. The van der Waals surface area contributed by atoms with Crippen LogP contribution in [-0.2, 0) is 21.7 Å². The van der Waals surface area contributed by atoms with E-state index in [4.69, 9.17) is 0 Å². The highest BCUT2D eigenvalue weighted by atomic mass is 32.2. The van der Waals surface area contributed by atoms with E-state index in [0.29, 0.717) is 33.8 Å². The van der Waals surface area contributed by atoms with Crippen LogP contribution in [0.5, 0.6) is 11.5 Å². The van der Waals surface area contributed by atoms with Gasteiger partial charge in [0.05, 0.1) is 0 Å². The zero-order valence-corrected chi connectivity index (χ0v) is 27.6. The van der Waals surface area contributed by atoms with E-state index in [9.17, 15) is 10.2 Å². The smallest absolute Gasteiger partial charge is 0.123 e. The molecule has 3 heteroatoms. The van der Waals surface area contributed by atoms with Gasteiger partial charge in [0.25, 0.3) is 0 Å². The minimum absolute atomic E-state index is 0.114. The van der Waals surface area contributed by atoms with Gasteiger partial charge in [-0.15, -0.1) is 0 Å². The van der Waals surface area contributed by atoms with Crippen LogP contribution in [-0.4, -0.2) is 20.7 Å². The van der Waals surface area contributed by atoms with Crippen molar-refractivity contribution in [3.63, 3.8) is 0 Å². The Labute approximate surface area is 243 Å². The van der Waals surface area contributed by atoms with Crippen molar-refractivity contribution in [2.24, 2.45) is 0 Å². The summed E-state index contributed by atoms with van der Waals surface area (Å²) >= 11 is 2.22. The van der Waals surface area contributed by atoms with Crippen LogP contribution in [0.15, 0.2) is 24.3 Å². The lowest BCUT2D eigenvalue weighted by Crippen LogP contribution is -2.21. The lowest BCUT2D eigenvalue weighted by Gasteiger charge is -2.32. The molecule has 2 aliphatic rings. The van der Waals surface area contributed by atoms with E-state index in [-0.39, 0.29) is 21.7 Å². The van der Waals surface area contributed by atoms with Gasteiger partial charge in [-0.3, -0.25) is 0 Å². The first kappa shape index (κ1) is 30.4. The lowest BCUT2D eigenvalue weighted by atomic mass is 9.73. The maximum absolute atomic E-state index is 11.3. The van der Waals surface area contributed by atoms with Gasteiger partial charge >= 0.3 is 0 Å². The molecule has 0 amide bonds. The van der Waals surface area contributed by atoms with Crippen molar-refractivity contribution in [2.45, 2.75) is 153 Å². The molecule has 39 heavy (non-hydrogen) atoms. The number of benzene rings is 2. The number of hydrogen-bond acceptors (Lipinski definition) is 3. The zero-order valence-electron chi connectivity index (χ0n) is 26.7. The Hall–Kier alpha value is -1.61. The number of rotatable bonds is 2. The van der Waals surface area contributed by atoms with Crippen LogP contribution in [0.2, 0.25) is 0 Å². The molecule has 4 unspecified atom stereocenters. The van der Waals surface area contributed by atoms with E-state index in [1.807, 2.05) is 0 Å². The second-order valence-electron chi connectivity index (χ2n) is 16.5. The number of phenols is 2. The summed E-state index contributed by atoms with van der Waals surface area (Å²) in [6.07, 6.45) is 4.83. The molecule has 0 aliphatic carbocycles. The van der Waals surface area contributed by atoms with Gasteiger partial charge in [0.15, 0.2) is 0 Å². The first-order chi connectivity index (χ1) is 17.7. The third kappa shape index (κ3) is 6.04. The van der Waals surface area contributed by atoms with Gasteiger partial charge in [0.1, 0.15) is 11.5 Å². The van der Waals surface area contributed by atoms with E-state index >= 15 is 0 Å². The van der Waals surface area contributed by atoms with Crippen LogP contribution >= 0.6 is 11.8 Å². The molecule has 2 aliphatic heterocycles. The van der Waals surface area contributed by atoms with Crippen LogP contribution in [0, 0.1) is 0 Å². The highest BCUT2D eigenvalue weighted by Crippen LogP contribution is 2.55. The third-order valence-corrected chi connectivity index (χ3v) is 11.0. The summed E-state index contributed by atoms with van der Waals surface area (Å²) < 4.78 is 0. The second-order valence-corrected chi connectivity index (χ2v) is 18.0. The predicted molar refractivity (Wildman–Crippen MR) is 170 cm³/mol. The summed E-state index contributed by atoms with van der Waals surface area (Å²) in [7, 11) is 0. The fraction of sp³-hybridized carbons (Fsp3) is 0.667. The second kappa shape index (κ2) is 10.0. The molecule has 2 aromatic carbocycles. The highest BCUT2D eigenvalue weighted by Gasteiger charge is 2.42. The van der Waals surface area contributed by atoms with Crippen molar-refractivity contribution in [1.29, 1.82) is 0 Å². The summed E-state index contributed by atoms with van der Waals surface area (Å²) in [6, 6.07) is 9.33. The standard InChI is InChI=1S/C36H54O2S/c1-33(2,3)25-17-21(18-26(31(25)37)34(4,5)6)23-13-14-24(30-16-15-29(23)39-30)22-19-27(35(7,8)9)32(38)28(20-22)36(10,11)12/h17-20,23-24,29-30,37-38H,13-16H2,1-12H3. The molecule has 2 fully saturated rings. The van der Waals surface area contributed by atoms with Gasteiger partial charge in [0.2, 0.25) is 0 Å². The Balaban J connectivity index is 1.78. The molecule has 4 atom stereocenters. The molecule has 216 valence electrons. The average Bonchev–Trinajstić information content (AvgIpc) is 3.15. The Kier molecular flexibility index (Phi) is 7.81. The molecule has 2 bridgehead atoms. The number of aromatic hydroxyl groups is 2. The molecule has 2 aromatic rings. The van der Waals surface area contributed by atoms with Crippen LogP contribution < -0.4 is 0 Å². The van der Waals surface area contributed by atoms with Gasteiger partial charge in [-0.25, -0.2) is 0 Å². The fourth-order valence-corrected chi connectivity index (χ4v) is 8.76. The summed E-state index contributed by atoms with van der Waals surface area (Å²) in [5, 5.41) is 23.9. The molecular weight excluding hydrogens is 496 g/mol.